The molecule has 2 aliphatic heterocycles. The molecule has 0 bridgehead atoms. The van der Waals surface area contributed by atoms with E-state index >= 15 is 0 Å². The highest BCUT2D eigenvalue weighted by atomic mass is 19.3. The second kappa shape index (κ2) is 9.16. The van der Waals surface area contributed by atoms with Crippen molar-refractivity contribution < 1.29 is 18.7 Å². The van der Waals surface area contributed by atoms with E-state index < -0.39 is 12.0 Å². The Morgan fingerprint density at radius 3 is 2.66 bits per heavy atom. The molecule has 38 heavy (non-hydrogen) atoms. The van der Waals surface area contributed by atoms with E-state index in [1.54, 1.807) is 31.3 Å². The third-order valence-corrected chi connectivity index (χ3v) is 8.11. The lowest BCUT2D eigenvalue weighted by Crippen LogP contribution is -2.41. The van der Waals surface area contributed by atoms with Gasteiger partial charge in [0.1, 0.15) is 28.5 Å². The van der Waals surface area contributed by atoms with E-state index in [2.05, 4.69) is 4.98 Å². The Morgan fingerprint density at radius 2 is 1.89 bits per heavy atom. The Morgan fingerprint density at radius 1 is 1.11 bits per heavy atom. The van der Waals surface area contributed by atoms with Gasteiger partial charge in [-0.15, -0.1) is 0 Å². The summed E-state index contributed by atoms with van der Waals surface area (Å²) in [5.74, 6) is 1.50. The molecule has 3 atom stereocenters. The van der Waals surface area contributed by atoms with Crippen molar-refractivity contribution >= 4 is 17.2 Å². The number of hydrogen-bond donors (Lipinski definition) is 2. The molecule has 2 aliphatic rings. The maximum absolute atomic E-state index is 13.2. The van der Waals surface area contributed by atoms with E-state index in [-0.39, 0.29) is 17.4 Å². The molecule has 2 fully saturated rings. The smallest absolute Gasteiger partial charge is 0.263 e. The molecule has 7 nitrogen and oxygen atoms in total. The Labute approximate surface area is 218 Å². The first-order chi connectivity index (χ1) is 18.2. The molecule has 2 saturated heterocycles. The number of aromatic nitrogens is 3. The molecule has 6 rings (SSSR count). The molecular weight excluding hydrogens is 488 g/mol. The SMILES string of the molecule is C[C@@](O)(c1ccc(-c2nc([C@@H]3CC[C@H]4CCC(=O)N4C3)n3ccnc(N)c23)cc1)c1cccc(C(F)F)c1. The van der Waals surface area contributed by atoms with Gasteiger partial charge in [0.25, 0.3) is 6.43 Å². The lowest BCUT2D eigenvalue weighted by molar-refractivity contribution is -0.130. The van der Waals surface area contributed by atoms with Crippen LogP contribution in [0.4, 0.5) is 14.6 Å². The molecule has 0 spiro atoms. The highest BCUT2D eigenvalue weighted by molar-refractivity contribution is 5.85. The standard InChI is InChI=1S/C29H29F2N5O2/c1-29(38,21-4-2-3-18(15-21)26(30)31)20-8-5-17(6-9-20)24-25-27(32)33-13-14-35(25)28(34-24)19-7-10-22-11-12-23(37)36(22)16-19/h2-6,8-9,13-15,19,22,26,38H,7,10-12,16H2,1H3,(H2,32,33)/t19-,22+,29-/m1/s1. The van der Waals surface area contributed by atoms with Crippen LogP contribution in [0.5, 0.6) is 0 Å². The molecule has 2 aromatic heterocycles. The van der Waals surface area contributed by atoms with Gasteiger partial charge in [-0.2, -0.15) is 0 Å². The summed E-state index contributed by atoms with van der Waals surface area (Å²) in [6.45, 7) is 2.23. The maximum Gasteiger partial charge on any atom is 0.263 e. The molecule has 9 heteroatoms. The Hall–Kier alpha value is -3.85. The first-order valence-corrected chi connectivity index (χ1v) is 12.9. The summed E-state index contributed by atoms with van der Waals surface area (Å²) >= 11 is 0. The zero-order valence-electron chi connectivity index (χ0n) is 21.0. The van der Waals surface area contributed by atoms with E-state index in [1.165, 1.54) is 18.2 Å². The van der Waals surface area contributed by atoms with E-state index in [0.29, 0.717) is 47.2 Å². The fourth-order valence-corrected chi connectivity index (χ4v) is 5.95. The summed E-state index contributed by atoms with van der Waals surface area (Å²) in [4.78, 5) is 23.7. The summed E-state index contributed by atoms with van der Waals surface area (Å²) in [6.07, 6.45) is 4.33. The quantitative estimate of drug-likeness (QED) is 0.387. The molecule has 2 aromatic carbocycles. The minimum atomic E-state index is -2.62. The number of aliphatic hydroxyl groups is 1. The van der Waals surface area contributed by atoms with Crippen LogP contribution in [0.3, 0.4) is 0 Å². The largest absolute Gasteiger partial charge is 0.382 e. The van der Waals surface area contributed by atoms with Gasteiger partial charge >= 0.3 is 0 Å². The first kappa shape index (κ1) is 24.5. The number of piperidine rings is 1. The van der Waals surface area contributed by atoms with E-state index in [0.717, 1.165) is 30.7 Å². The molecule has 0 unspecified atom stereocenters. The van der Waals surface area contributed by atoms with Gasteiger partial charge in [0.05, 0.1) is 0 Å². The molecule has 0 radical (unpaired) electrons. The number of imidazole rings is 1. The molecular formula is C29H29F2N5O2. The van der Waals surface area contributed by atoms with Crippen LogP contribution in [-0.2, 0) is 10.4 Å². The number of halogens is 2. The van der Waals surface area contributed by atoms with Crippen molar-refractivity contribution in [3.63, 3.8) is 0 Å². The normalized spacial score (nSPS) is 21.2. The second-order valence-electron chi connectivity index (χ2n) is 10.4. The molecule has 196 valence electrons. The van der Waals surface area contributed by atoms with Crippen LogP contribution >= 0.6 is 0 Å². The van der Waals surface area contributed by atoms with Crippen LogP contribution in [0.1, 0.15) is 67.5 Å². The number of amides is 1. The van der Waals surface area contributed by atoms with Gasteiger partial charge in [0.2, 0.25) is 5.91 Å². The summed E-state index contributed by atoms with van der Waals surface area (Å²) in [7, 11) is 0. The van der Waals surface area contributed by atoms with Crippen LogP contribution in [0.25, 0.3) is 16.8 Å². The van der Waals surface area contributed by atoms with Gasteiger partial charge in [-0.25, -0.2) is 18.7 Å². The van der Waals surface area contributed by atoms with Gasteiger partial charge in [-0.05, 0) is 43.4 Å². The summed E-state index contributed by atoms with van der Waals surface area (Å²) in [5.41, 5.74) is 7.83. The van der Waals surface area contributed by atoms with Gasteiger partial charge in [-0.1, -0.05) is 42.5 Å². The van der Waals surface area contributed by atoms with E-state index in [1.807, 2.05) is 27.6 Å². The van der Waals surface area contributed by atoms with E-state index in [4.69, 9.17) is 10.7 Å². The molecule has 3 N–H and O–H groups in total. The first-order valence-electron chi connectivity index (χ1n) is 12.9. The Balaban J connectivity index is 1.36. The highest BCUT2D eigenvalue weighted by Gasteiger charge is 2.38. The van der Waals surface area contributed by atoms with Crippen LogP contribution in [0, 0.1) is 0 Å². The van der Waals surface area contributed by atoms with Gasteiger partial charge < -0.3 is 15.7 Å². The number of hydrogen-bond acceptors (Lipinski definition) is 5. The average molecular weight is 518 g/mol. The second-order valence-corrected chi connectivity index (χ2v) is 10.4. The lowest BCUT2D eigenvalue weighted by Gasteiger charge is -2.34. The highest BCUT2D eigenvalue weighted by Crippen LogP contribution is 2.39. The Kier molecular flexibility index (Phi) is 5.90. The van der Waals surface area contributed by atoms with Gasteiger partial charge in [-0.3, -0.25) is 9.20 Å². The molecule has 0 aliphatic carbocycles. The Bertz CT molecular complexity index is 1520. The predicted octanol–water partition coefficient (Wildman–Crippen LogP) is 5.04. The number of carbonyl (C=O) groups excluding carboxylic acids is 1. The maximum atomic E-state index is 13.2. The number of nitrogen functional groups attached to an aromatic ring is 1. The van der Waals surface area contributed by atoms with Crippen molar-refractivity contribution in [2.24, 2.45) is 0 Å². The summed E-state index contributed by atoms with van der Waals surface area (Å²) < 4.78 is 28.4. The van der Waals surface area contributed by atoms with Crippen molar-refractivity contribution in [2.75, 3.05) is 12.3 Å². The lowest BCUT2D eigenvalue weighted by atomic mass is 9.87. The predicted molar refractivity (Wildman–Crippen MR) is 140 cm³/mol. The van der Waals surface area contributed by atoms with Crippen molar-refractivity contribution in [1.82, 2.24) is 19.3 Å². The fraction of sp³-hybridized carbons (Fsp3) is 0.345. The zero-order chi connectivity index (χ0) is 26.6. The number of carbonyl (C=O) groups is 1. The van der Waals surface area contributed by atoms with E-state index in [9.17, 15) is 18.7 Å². The minimum absolute atomic E-state index is 0.0819. The molecule has 0 saturated carbocycles. The number of rotatable bonds is 5. The monoisotopic (exact) mass is 517 g/mol. The van der Waals surface area contributed by atoms with Crippen LogP contribution in [0.2, 0.25) is 0 Å². The van der Waals surface area contributed by atoms with Gasteiger partial charge in [0, 0.05) is 48.4 Å². The number of benzene rings is 2. The van der Waals surface area contributed by atoms with Crippen molar-refractivity contribution in [3.05, 3.63) is 83.4 Å². The zero-order valence-corrected chi connectivity index (χ0v) is 21.0. The minimum Gasteiger partial charge on any atom is -0.382 e. The van der Waals surface area contributed by atoms with Crippen molar-refractivity contribution in [1.29, 1.82) is 0 Å². The topological polar surface area (TPSA) is 96.8 Å². The molecule has 4 heterocycles. The summed E-state index contributed by atoms with van der Waals surface area (Å²) in [5, 5.41) is 11.3. The third-order valence-electron chi connectivity index (χ3n) is 8.11. The van der Waals surface area contributed by atoms with Crippen LogP contribution in [-0.4, -0.2) is 42.9 Å². The van der Waals surface area contributed by atoms with Crippen molar-refractivity contribution in [3.8, 4) is 11.3 Å². The van der Waals surface area contributed by atoms with Crippen LogP contribution < -0.4 is 5.73 Å². The molecule has 1 amide bonds. The molecule has 4 aromatic rings. The van der Waals surface area contributed by atoms with Crippen molar-refractivity contribution in [2.45, 2.75) is 56.6 Å². The number of anilines is 1. The number of nitrogens with two attached hydrogens (primary N) is 1. The number of nitrogens with zero attached hydrogens (tertiary/aromatic N) is 4. The summed E-state index contributed by atoms with van der Waals surface area (Å²) in [6, 6.07) is 13.4. The fourth-order valence-electron chi connectivity index (χ4n) is 5.95. The van der Waals surface area contributed by atoms with Crippen LogP contribution in [0.15, 0.2) is 60.9 Å². The third kappa shape index (κ3) is 4.01. The number of fused-ring (bicyclic) bond motifs is 2. The number of alkyl halides is 2. The van der Waals surface area contributed by atoms with Gasteiger partial charge in [0.15, 0.2) is 0 Å². The average Bonchev–Trinajstić information content (AvgIpc) is 3.50.